The van der Waals surface area contributed by atoms with E-state index in [0.29, 0.717) is 30.3 Å². The summed E-state index contributed by atoms with van der Waals surface area (Å²) in [6, 6.07) is 22.5. The molecule has 0 spiro atoms. The number of likely N-dealkylation sites (tertiary alicyclic amines) is 1. The molecule has 1 aliphatic heterocycles. The Labute approximate surface area is 191 Å². The zero-order chi connectivity index (χ0) is 23.2. The van der Waals surface area contributed by atoms with Gasteiger partial charge in [0.15, 0.2) is 0 Å². The lowest BCUT2D eigenvalue weighted by Crippen LogP contribution is -2.33. The fraction of sp³-hybridized carbons (Fsp3) is 0.200. The van der Waals surface area contributed by atoms with Crippen molar-refractivity contribution in [2.24, 2.45) is 0 Å². The number of aliphatic hydroxyl groups excluding tert-OH is 1. The summed E-state index contributed by atoms with van der Waals surface area (Å²) >= 11 is 0. The molecule has 1 saturated heterocycles. The van der Waals surface area contributed by atoms with E-state index in [-0.39, 0.29) is 18.0 Å². The van der Waals surface area contributed by atoms with Crippen LogP contribution in [0.15, 0.2) is 78.9 Å². The van der Waals surface area contributed by atoms with Crippen molar-refractivity contribution in [1.82, 2.24) is 4.90 Å². The standard InChI is InChI=1S/C25H24N2O6/c28-22-14-27(15-23(22)33-21-10-6-17(7-11-21)25(30)31)16-24(29)26-18-8-12-20(13-9-18)32-19-4-2-1-3-5-19/h1-13,22-23,28H,14-16H2,(H,26,29)(H,30,31)/t22-,23-/m1/s1. The van der Waals surface area contributed by atoms with Gasteiger partial charge in [0.2, 0.25) is 5.91 Å². The fourth-order valence-corrected chi connectivity index (χ4v) is 3.56. The van der Waals surface area contributed by atoms with Crippen LogP contribution in [0, 0.1) is 0 Å². The number of aromatic carboxylic acids is 1. The summed E-state index contributed by atoms with van der Waals surface area (Å²) in [5, 5.41) is 22.1. The first kappa shape index (κ1) is 22.3. The molecule has 33 heavy (non-hydrogen) atoms. The zero-order valence-corrected chi connectivity index (χ0v) is 17.8. The van der Waals surface area contributed by atoms with Gasteiger partial charge in [-0.15, -0.1) is 0 Å². The zero-order valence-electron chi connectivity index (χ0n) is 17.8. The average molecular weight is 448 g/mol. The number of carbonyl (C=O) groups is 2. The van der Waals surface area contributed by atoms with Crippen molar-refractivity contribution in [3.05, 3.63) is 84.4 Å². The van der Waals surface area contributed by atoms with Crippen molar-refractivity contribution < 1.29 is 29.3 Å². The molecule has 0 aromatic heterocycles. The van der Waals surface area contributed by atoms with Gasteiger partial charge in [0.25, 0.3) is 0 Å². The molecule has 0 bridgehead atoms. The number of benzene rings is 3. The topological polar surface area (TPSA) is 108 Å². The Morgan fingerprint density at radius 1 is 0.879 bits per heavy atom. The third-order valence-electron chi connectivity index (χ3n) is 5.19. The molecule has 2 atom stereocenters. The molecular weight excluding hydrogens is 424 g/mol. The van der Waals surface area contributed by atoms with Crippen LogP contribution in [0.4, 0.5) is 5.69 Å². The van der Waals surface area contributed by atoms with Gasteiger partial charge >= 0.3 is 5.97 Å². The number of nitrogens with zero attached hydrogens (tertiary/aromatic N) is 1. The summed E-state index contributed by atoms with van der Waals surface area (Å²) in [5.74, 6) is 0.645. The van der Waals surface area contributed by atoms with Crippen molar-refractivity contribution in [2.45, 2.75) is 12.2 Å². The van der Waals surface area contributed by atoms with Crippen molar-refractivity contribution in [3.8, 4) is 17.2 Å². The third-order valence-corrected chi connectivity index (χ3v) is 5.19. The van der Waals surface area contributed by atoms with Crippen LogP contribution in [0.25, 0.3) is 0 Å². The van der Waals surface area contributed by atoms with E-state index in [1.807, 2.05) is 35.2 Å². The number of carboxylic acids is 1. The maximum Gasteiger partial charge on any atom is 0.335 e. The van der Waals surface area contributed by atoms with E-state index < -0.39 is 18.2 Å². The van der Waals surface area contributed by atoms with E-state index in [9.17, 15) is 14.7 Å². The van der Waals surface area contributed by atoms with Gasteiger partial charge in [0.05, 0.1) is 12.1 Å². The Hall–Kier alpha value is -3.88. The highest BCUT2D eigenvalue weighted by molar-refractivity contribution is 5.92. The number of anilines is 1. The quantitative estimate of drug-likeness (QED) is 0.485. The number of hydrogen-bond donors (Lipinski definition) is 3. The molecule has 3 aromatic rings. The predicted octanol–water partition coefficient (Wildman–Crippen LogP) is 3.24. The van der Waals surface area contributed by atoms with Gasteiger partial charge in [-0.3, -0.25) is 9.69 Å². The summed E-state index contributed by atoms with van der Waals surface area (Å²) < 4.78 is 11.5. The summed E-state index contributed by atoms with van der Waals surface area (Å²) in [6.45, 7) is 0.783. The number of hydrogen-bond acceptors (Lipinski definition) is 6. The Morgan fingerprint density at radius 2 is 1.52 bits per heavy atom. The minimum Gasteiger partial charge on any atom is -0.486 e. The molecule has 4 rings (SSSR count). The summed E-state index contributed by atoms with van der Waals surface area (Å²) in [7, 11) is 0. The summed E-state index contributed by atoms with van der Waals surface area (Å²) in [6.07, 6.45) is -1.27. The van der Waals surface area contributed by atoms with Crippen molar-refractivity contribution in [2.75, 3.05) is 25.0 Å². The number of aliphatic hydroxyl groups is 1. The minimum absolute atomic E-state index is 0.108. The third kappa shape index (κ3) is 6.09. The number of amides is 1. The second-order valence-corrected chi connectivity index (χ2v) is 7.73. The fourth-order valence-electron chi connectivity index (χ4n) is 3.56. The number of para-hydroxylation sites is 1. The first-order valence-corrected chi connectivity index (χ1v) is 10.5. The molecule has 0 unspecified atom stereocenters. The van der Waals surface area contributed by atoms with Crippen molar-refractivity contribution >= 4 is 17.6 Å². The second kappa shape index (κ2) is 10.2. The van der Waals surface area contributed by atoms with Gasteiger partial charge in [-0.25, -0.2) is 4.79 Å². The molecule has 1 heterocycles. The van der Waals surface area contributed by atoms with E-state index in [1.54, 1.807) is 36.4 Å². The van der Waals surface area contributed by atoms with Gasteiger partial charge in [0, 0.05) is 18.8 Å². The molecule has 0 saturated carbocycles. The van der Waals surface area contributed by atoms with Crippen LogP contribution in [0.5, 0.6) is 17.2 Å². The molecule has 1 fully saturated rings. The highest BCUT2D eigenvalue weighted by Gasteiger charge is 2.34. The highest BCUT2D eigenvalue weighted by atomic mass is 16.5. The number of rotatable bonds is 8. The van der Waals surface area contributed by atoms with Crippen LogP contribution < -0.4 is 14.8 Å². The SMILES string of the molecule is O=C(CN1C[C@@H](O)[C@H](Oc2ccc(C(=O)O)cc2)C1)Nc1ccc(Oc2ccccc2)cc1. The Balaban J connectivity index is 1.26. The first-order valence-electron chi connectivity index (χ1n) is 10.5. The van der Waals surface area contributed by atoms with Gasteiger partial charge in [-0.2, -0.15) is 0 Å². The minimum atomic E-state index is -1.02. The monoisotopic (exact) mass is 448 g/mol. The summed E-state index contributed by atoms with van der Waals surface area (Å²) in [4.78, 5) is 25.2. The molecule has 170 valence electrons. The molecular formula is C25H24N2O6. The maximum atomic E-state index is 12.5. The first-order chi connectivity index (χ1) is 16.0. The van der Waals surface area contributed by atoms with Gasteiger partial charge in [0.1, 0.15) is 29.5 Å². The normalized spacial score (nSPS) is 18.0. The van der Waals surface area contributed by atoms with E-state index >= 15 is 0 Å². The predicted molar refractivity (Wildman–Crippen MR) is 122 cm³/mol. The van der Waals surface area contributed by atoms with E-state index in [1.165, 1.54) is 12.1 Å². The van der Waals surface area contributed by atoms with Crippen LogP contribution in [-0.2, 0) is 4.79 Å². The average Bonchev–Trinajstić information content (AvgIpc) is 3.14. The van der Waals surface area contributed by atoms with Crippen LogP contribution in [-0.4, -0.2) is 58.8 Å². The molecule has 8 heteroatoms. The van der Waals surface area contributed by atoms with Crippen molar-refractivity contribution in [1.29, 1.82) is 0 Å². The number of ether oxygens (including phenoxy) is 2. The molecule has 3 aromatic carbocycles. The maximum absolute atomic E-state index is 12.5. The summed E-state index contributed by atoms with van der Waals surface area (Å²) in [5.41, 5.74) is 0.804. The lowest BCUT2D eigenvalue weighted by Gasteiger charge is -2.17. The molecule has 1 amide bonds. The van der Waals surface area contributed by atoms with Crippen LogP contribution in [0.3, 0.4) is 0 Å². The molecule has 8 nitrogen and oxygen atoms in total. The lowest BCUT2D eigenvalue weighted by molar-refractivity contribution is -0.117. The lowest BCUT2D eigenvalue weighted by atomic mass is 10.2. The van der Waals surface area contributed by atoms with Crippen LogP contribution >= 0.6 is 0 Å². The number of nitrogens with one attached hydrogen (secondary N) is 1. The smallest absolute Gasteiger partial charge is 0.335 e. The van der Waals surface area contributed by atoms with E-state index in [4.69, 9.17) is 14.6 Å². The van der Waals surface area contributed by atoms with Crippen molar-refractivity contribution in [3.63, 3.8) is 0 Å². The van der Waals surface area contributed by atoms with Gasteiger partial charge < -0.3 is 25.0 Å². The Kier molecular flexibility index (Phi) is 6.87. The number of carbonyl (C=O) groups excluding carboxylic acids is 1. The molecule has 3 N–H and O–H groups in total. The Morgan fingerprint density at radius 3 is 2.18 bits per heavy atom. The van der Waals surface area contributed by atoms with Crippen LogP contribution in [0.2, 0.25) is 0 Å². The Bertz CT molecular complexity index is 1090. The molecule has 0 aliphatic carbocycles. The number of β-amino-alcohol motifs (C(OH)–C–C–N with tert-alkyl or cyclic N) is 1. The molecule has 0 radical (unpaired) electrons. The van der Waals surface area contributed by atoms with E-state index in [2.05, 4.69) is 5.32 Å². The van der Waals surface area contributed by atoms with Gasteiger partial charge in [-0.1, -0.05) is 18.2 Å². The number of carboxylic acid groups (broad SMARTS) is 1. The largest absolute Gasteiger partial charge is 0.486 e. The second-order valence-electron chi connectivity index (χ2n) is 7.73. The molecule has 1 aliphatic rings. The highest BCUT2D eigenvalue weighted by Crippen LogP contribution is 2.23. The van der Waals surface area contributed by atoms with Crippen LogP contribution in [0.1, 0.15) is 10.4 Å². The van der Waals surface area contributed by atoms with Gasteiger partial charge in [-0.05, 0) is 60.7 Å². The van der Waals surface area contributed by atoms with E-state index in [0.717, 1.165) is 5.75 Å².